The number of anilines is 2. The lowest BCUT2D eigenvalue weighted by molar-refractivity contribution is -0.149. The Morgan fingerprint density at radius 3 is 2.69 bits per heavy atom. The number of carbonyl (C=O) groups excluding carboxylic acids is 4. The van der Waals surface area contributed by atoms with Crippen molar-refractivity contribution in [2.24, 2.45) is 5.73 Å². The van der Waals surface area contributed by atoms with Gasteiger partial charge in [0.05, 0.1) is 18.2 Å². The Hall–Kier alpha value is -3.70. The molecule has 2 heterocycles. The fourth-order valence-corrected chi connectivity index (χ4v) is 4.68. The number of primary amides is 1. The van der Waals surface area contributed by atoms with Crippen LogP contribution in [-0.2, 0) is 25.7 Å². The molecule has 4 N–H and O–H groups in total. The largest absolute Gasteiger partial charge is 0.449 e. The molecular formula is C24H24ClFN4O6. The van der Waals surface area contributed by atoms with Gasteiger partial charge >= 0.3 is 6.09 Å². The van der Waals surface area contributed by atoms with E-state index in [1.165, 1.54) is 21.9 Å². The second-order valence-corrected chi connectivity index (χ2v) is 8.97. The van der Waals surface area contributed by atoms with Gasteiger partial charge in [-0.15, -0.1) is 0 Å². The van der Waals surface area contributed by atoms with E-state index in [4.69, 9.17) is 22.1 Å². The summed E-state index contributed by atoms with van der Waals surface area (Å²) in [6.07, 6.45) is -0.814. The van der Waals surface area contributed by atoms with E-state index in [1.54, 1.807) is 25.1 Å². The number of nitrogens with zero attached hydrogens (tertiary/aromatic N) is 2. The van der Waals surface area contributed by atoms with Crippen LogP contribution in [0.5, 0.6) is 0 Å². The Morgan fingerprint density at radius 1 is 1.28 bits per heavy atom. The molecule has 10 nitrogen and oxygen atoms in total. The number of halogens is 2. The number of aliphatic hydroxyl groups is 1. The van der Waals surface area contributed by atoms with E-state index in [9.17, 15) is 28.7 Å². The number of rotatable bonds is 6. The van der Waals surface area contributed by atoms with Gasteiger partial charge in [0.1, 0.15) is 5.82 Å². The molecule has 0 spiro atoms. The SMILES string of the molecule is CCOC(=O)N1CC(C(N)=O)c2cc(N3CC[C@](O)(C(=O)NCc4cc(F)cc(Cl)c4)C3=O)ccc21. The molecule has 2 aliphatic heterocycles. The number of hydrogen-bond acceptors (Lipinski definition) is 6. The first-order valence-electron chi connectivity index (χ1n) is 11.2. The molecule has 0 aliphatic carbocycles. The van der Waals surface area contributed by atoms with E-state index >= 15 is 0 Å². The average Bonchev–Trinajstić information content (AvgIpc) is 3.35. The third kappa shape index (κ3) is 4.59. The predicted molar refractivity (Wildman–Crippen MR) is 128 cm³/mol. The third-order valence-corrected chi connectivity index (χ3v) is 6.45. The average molecular weight is 519 g/mol. The van der Waals surface area contributed by atoms with Crippen molar-refractivity contribution in [2.75, 3.05) is 29.5 Å². The number of benzene rings is 2. The van der Waals surface area contributed by atoms with Crippen molar-refractivity contribution >= 4 is 46.8 Å². The van der Waals surface area contributed by atoms with Crippen molar-refractivity contribution in [3.63, 3.8) is 0 Å². The van der Waals surface area contributed by atoms with Gasteiger partial charge in [0.2, 0.25) is 11.5 Å². The Bertz CT molecular complexity index is 1240. The smallest absolute Gasteiger partial charge is 0.414 e. The summed E-state index contributed by atoms with van der Waals surface area (Å²) in [5, 5.41) is 13.5. The van der Waals surface area contributed by atoms with Crippen LogP contribution < -0.4 is 20.9 Å². The van der Waals surface area contributed by atoms with Gasteiger partial charge in [0, 0.05) is 36.8 Å². The number of nitrogens with one attached hydrogen (secondary N) is 1. The minimum absolute atomic E-state index is 0.00264. The molecule has 12 heteroatoms. The first kappa shape index (κ1) is 25.4. The minimum atomic E-state index is -2.34. The molecule has 0 radical (unpaired) electrons. The summed E-state index contributed by atoms with van der Waals surface area (Å²) in [7, 11) is 0. The summed E-state index contributed by atoms with van der Waals surface area (Å²) < 4.78 is 18.6. The zero-order valence-corrected chi connectivity index (χ0v) is 20.0. The molecule has 190 valence electrons. The lowest BCUT2D eigenvalue weighted by Crippen LogP contribution is -2.52. The summed E-state index contributed by atoms with van der Waals surface area (Å²) in [5.74, 6) is -3.84. The van der Waals surface area contributed by atoms with E-state index < -0.39 is 41.2 Å². The highest BCUT2D eigenvalue weighted by Gasteiger charge is 2.52. The molecule has 36 heavy (non-hydrogen) atoms. The fourth-order valence-electron chi connectivity index (χ4n) is 4.44. The zero-order valence-electron chi connectivity index (χ0n) is 19.3. The molecule has 0 bridgehead atoms. The summed E-state index contributed by atoms with van der Waals surface area (Å²) in [6.45, 7) is 1.69. The van der Waals surface area contributed by atoms with Gasteiger partial charge in [-0.05, 0) is 54.4 Å². The Labute approximate surface area is 210 Å². The zero-order chi connectivity index (χ0) is 26.2. The maximum Gasteiger partial charge on any atom is 0.414 e. The third-order valence-electron chi connectivity index (χ3n) is 6.23. The van der Waals surface area contributed by atoms with Crippen molar-refractivity contribution < 1.29 is 33.4 Å². The molecular weight excluding hydrogens is 495 g/mol. The van der Waals surface area contributed by atoms with Gasteiger partial charge < -0.3 is 25.8 Å². The quantitative estimate of drug-likeness (QED) is 0.498. The molecule has 2 aromatic carbocycles. The lowest BCUT2D eigenvalue weighted by atomic mass is 9.99. The van der Waals surface area contributed by atoms with Gasteiger partial charge in [-0.3, -0.25) is 19.3 Å². The van der Waals surface area contributed by atoms with Crippen LogP contribution in [0.2, 0.25) is 5.02 Å². The minimum Gasteiger partial charge on any atom is -0.449 e. The second kappa shape index (κ2) is 9.75. The Balaban J connectivity index is 1.53. The monoisotopic (exact) mass is 518 g/mol. The highest BCUT2D eigenvalue weighted by atomic mass is 35.5. The number of amides is 4. The Morgan fingerprint density at radius 2 is 2.03 bits per heavy atom. The topological polar surface area (TPSA) is 142 Å². The highest BCUT2D eigenvalue weighted by Crippen LogP contribution is 2.40. The van der Waals surface area contributed by atoms with Crippen molar-refractivity contribution in [3.8, 4) is 0 Å². The summed E-state index contributed by atoms with van der Waals surface area (Å²) in [5.41, 5.74) is 4.75. The van der Waals surface area contributed by atoms with Gasteiger partial charge in [-0.1, -0.05) is 11.6 Å². The molecule has 1 fully saturated rings. The van der Waals surface area contributed by atoms with E-state index in [0.29, 0.717) is 22.5 Å². The molecule has 2 atom stereocenters. The van der Waals surface area contributed by atoms with Gasteiger partial charge in [0.15, 0.2) is 0 Å². The molecule has 1 saturated heterocycles. The standard InChI is InChI=1S/C24H24ClFN4O6/c1-2-36-23(34)30-12-18(20(27)31)17-10-16(3-4-19(17)30)29-6-5-24(35,22(29)33)21(32)28-11-13-7-14(25)9-15(26)8-13/h3-4,7-10,18,35H,2,5-6,11-12H2,1H3,(H2,27,31)(H,28,32)/t18?,24-/m0/s1. The number of hydrogen-bond donors (Lipinski definition) is 3. The van der Waals surface area contributed by atoms with Crippen LogP contribution in [0.25, 0.3) is 0 Å². The van der Waals surface area contributed by atoms with Crippen LogP contribution in [0.1, 0.15) is 30.4 Å². The van der Waals surface area contributed by atoms with Gasteiger partial charge in [0.25, 0.3) is 11.8 Å². The number of carbonyl (C=O) groups is 4. The molecule has 1 unspecified atom stereocenters. The molecule has 0 saturated carbocycles. The van der Waals surface area contributed by atoms with Crippen LogP contribution in [0.15, 0.2) is 36.4 Å². The maximum atomic E-state index is 13.5. The molecule has 2 aromatic rings. The van der Waals surface area contributed by atoms with Crippen molar-refractivity contribution in [1.82, 2.24) is 5.32 Å². The molecule has 4 amide bonds. The predicted octanol–water partition coefficient (Wildman–Crippen LogP) is 1.81. The molecule has 0 aromatic heterocycles. The molecule has 2 aliphatic rings. The highest BCUT2D eigenvalue weighted by molar-refractivity contribution is 6.30. The van der Waals surface area contributed by atoms with E-state index in [-0.39, 0.29) is 37.7 Å². The number of nitrogens with two attached hydrogens (primary N) is 1. The van der Waals surface area contributed by atoms with Crippen molar-refractivity contribution in [3.05, 3.63) is 58.4 Å². The maximum absolute atomic E-state index is 13.5. The Kier molecular flexibility index (Phi) is 6.87. The fraction of sp³-hybridized carbons (Fsp3) is 0.333. The van der Waals surface area contributed by atoms with E-state index in [2.05, 4.69) is 5.32 Å². The van der Waals surface area contributed by atoms with Crippen LogP contribution in [0.3, 0.4) is 0 Å². The van der Waals surface area contributed by atoms with Gasteiger partial charge in [-0.25, -0.2) is 9.18 Å². The van der Waals surface area contributed by atoms with Crippen LogP contribution >= 0.6 is 11.6 Å². The first-order chi connectivity index (χ1) is 17.0. The van der Waals surface area contributed by atoms with Crippen LogP contribution in [0, 0.1) is 5.82 Å². The normalized spacial score (nSPS) is 20.9. The van der Waals surface area contributed by atoms with Gasteiger partial charge in [-0.2, -0.15) is 0 Å². The number of ether oxygens (including phenoxy) is 1. The lowest BCUT2D eigenvalue weighted by Gasteiger charge is -2.23. The van der Waals surface area contributed by atoms with Crippen LogP contribution in [-0.4, -0.2) is 54.2 Å². The molecule has 4 rings (SSSR count). The van der Waals surface area contributed by atoms with Crippen LogP contribution in [0.4, 0.5) is 20.6 Å². The van der Waals surface area contributed by atoms with E-state index in [1.807, 2.05) is 0 Å². The summed E-state index contributed by atoms with van der Waals surface area (Å²) in [4.78, 5) is 52.8. The first-order valence-corrected chi connectivity index (χ1v) is 11.6. The number of fused-ring (bicyclic) bond motifs is 1. The second-order valence-electron chi connectivity index (χ2n) is 8.54. The summed E-state index contributed by atoms with van der Waals surface area (Å²) >= 11 is 5.82. The van der Waals surface area contributed by atoms with Crippen molar-refractivity contribution in [1.29, 1.82) is 0 Å². The summed E-state index contributed by atoms with van der Waals surface area (Å²) in [6, 6.07) is 8.40. The van der Waals surface area contributed by atoms with Crippen molar-refractivity contribution in [2.45, 2.75) is 31.4 Å². The van der Waals surface area contributed by atoms with E-state index in [0.717, 1.165) is 6.07 Å².